The highest BCUT2D eigenvalue weighted by Gasteiger charge is 2.43. The predicted molar refractivity (Wildman–Crippen MR) is 114 cm³/mol. The molecule has 3 aromatic rings. The first-order valence-corrected chi connectivity index (χ1v) is 11.0. The van der Waals surface area contributed by atoms with Crippen LogP contribution in [0.1, 0.15) is 43.3 Å². The second kappa shape index (κ2) is 7.87. The van der Waals surface area contributed by atoms with Gasteiger partial charge in [-0.05, 0) is 43.9 Å². The van der Waals surface area contributed by atoms with Crippen LogP contribution in [0.2, 0.25) is 0 Å². The Kier molecular flexibility index (Phi) is 4.83. The zero-order valence-electron chi connectivity index (χ0n) is 17.7. The van der Waals surface area contributed by atoms with E-state index in [-0.39, 0.29) is 11.5 Å². The fourth-order valence-corrected chi connectivity index (χ4v) is 4.09. The lowest BCUT2D eigenvalue weighted by atomic mass is 9.96. The Morgan fingerprint density at radius 3 is 2.67 bits per heavy atom. The van der Waals surface area contributed by atoms with Crippen LogP contribution in [0.5, 0.6) is 23.0 Å². The minimum Gasteiger partial charge on any atom is -0.454 e. The number of pyridine rings is 1. The summed E-state index contributed by atoms with van der Waals surface area (Å²) < 4.78 is 49.3. The van der Waals surface area contributed by atoms with Gasteiger partial charge in [0.25, 0.3) is 0 Å². The van der Waals surface area contributed by atoms with E-state index in [9.17, 15) is 8.78 Å². The zero-order chi connectivity index (χ0) is 22.4. The van der Waals surface area contributed by atoms with Crippen LogP contribution >= 0.6 is 0 Å². The van der Waals surface area contributed by atoms with E-state index in [0.29, 0.717) is 29.2 Å². The van der Waals surface area contributed by atoms with Crippen molar-refractivity contribution in [2.75, 3.05) is 18.5 Å². The molecule has 0 amide bonds. The summed E-state index contributed by atoms with van der Waals surface area (Å²) in [6.45, 7) is 1.45. The van der Waals surface area contributed by atoms with Gasteiger partial charge in [-0.2, -0.15) is 5.10 Å². The number of nitrogens with one attached hydrogen (secondary N) is 1. The van der Waals surface area contributed by atoms with Crippen LogP contribution in [0.25, 0.3) is 0 Å². The molecule has 2 aliphatic heterocycles. The van der Waals surface area contributed by atoms with Crippen molar-refractivity contribution in [2.45, 2.75) is 43.9 Å². The number of nitrogens with zero attached hydrogens (tertiary/aromatic N) is 3. The standard InChI is InChI=1S/C23H22F2N4O4/c24-23(25)32-18-4-1-15(11-19(18)33-23)27-21-12-17(5-8-26-21)31-20-13-29(16-2-3-16)28-22(20)14-6-9-30-10-7-14/h1,4-5,8,11-14,16H,2-3,6-7,9-10H2,(H,26,27). The molecule has 0 bridgehead atoms. The van der Waals surface area contributed by atoms with E-state index in [4.69, 9.17) is 14.6 Å². The number of rotatable bonds is 6. The van der Waals surface area contributed by atoms with Crippen LogP contribution in [-0.4, -0.2) is 34.3 Å². The molecule has 1 aromatic carbocycles. The largest absolute Gasteiger partial charge is 0.586 e. The van der Waals surface area contributed by atoms with Gasteiger partial charge in [-0.25, -0.2) is 4.98 Å². The molecule has 0 unspecified atom stereocenters. The molecular formula is C23H22F2N4O4. The highest BCUT2D eigenvalue weighted by Crippen LogP contribution is 2.43. The smallest absolute Gasteiger partial charge is 0.454 e. The Bertz CT molecular complexity index is 1180. The van der Waals surface area contributed by atoms with Crippen LogP contribution in [0.4, 0.5) is 20.3 Å². The molecule has 2 aromatic heterocycles. The van der Waals surface area contributed by atoms with Gasteiger partial charge in [0, 0.05) is 43.1 Å². The number of aromatic nitrogens is 3. The molecule has 172 valence electrons. The lowest BCUT2D eigenvalue weighted by Gasteiger charge is -2.21. The van der Waals surface area contributed by atoms with E-state index in [0.717, 1.165) is 50.3 Å². The molecule has 0 atom stereocenters. The van der Waals surface area contributed by atoms with Crippen molar-refractivity contribution in [1.82, 2.24) is 14.8 Å². The third-order valence-electron chi connectivity index (χ3n) is 5.89. The maximum atomic E-state index is 13.3. The Hall–Kier alpha value is -3.40. The Morgan fingerprint density at radius 2 is 1.85 bits per heavy atom. The van der Waals surface area contributed by atoms with Gasteiger partial charge in [-0.15, -0.1) is 8.78 Å². The van der Waals surface area contributed by atoms with Crippen molar-refractivity contribution in [1.29, 1.82) is 0 Å². The van der Waals surface area contributed by atoms with Crippen LogP contribution < -0.4 is 19.5 Å². The van der Waals surface area contributed by atoms with Gasteiger partial charge in [0.1, 0.15) is 17.3 Å². The Labute approximate surface area is 188 Å². The molecular weight excluding hydrogens is 434 g/mol. The highest BCUT2D eigenvalue weighted by molar-refractivity contribution is 5.62. The summed E-state index contributed by atoms with van der Waals surface area (Å²) in [4.78, 5) is 4.31. The second-order valence-electron chi connectivity index (χ2n) is 8.41. The molecule has 2 fully saturated rings. The molecule has 0 spiro atoms. The maximum absolute atomic E-state index is 13.3. The van der Waals surface area contributed by atoms with Gasteiger partial charge in [0.2, 0.25) is 0 Å². The van der Waals surface area contributed by atoms with Crippen molar-refractivity contribution in [2.24, 2.45) is 0 Å². The summed E-state index contributed by atoms with van der Waals surface area (Å²) in [5.41, 5.74) is 1.50. The number of ether oxygens (including phenoxy) is 4. The average Bonchev–Trinajstić information content (AvgIpc) is 3.49. The fourth-order valence-electron chi connectivity index (χ4n) is 4.09. The van der Waals surface area contributed by atoms with Crippen LogP contribution in [0.15, 0.2) is 42.7 Å². The van der Waals surface area contributed by atoms with E-state index < -0.39 is 6.29 Å². The van der Waals surface area contributed by atoms with E-state index in [1.165, 1.54) is 12.1 Å². The van der Waals surface area contributed by atoms with Gasteiger partial charge in [0.15, 0.2) is 17.2 Å². The van der Waals surface area contributed by atoms with E-state index in [1.54, 1.807) is 24.4 Å². The number of hydrogen-bond donors (Lipinski definition) is 1. The van der Waals surface area contributed by atoms with Gasteiger partial charge in [-0.3, -0.25) is 4.68 Å². The second-order valence-corrected chi connectivity index (χ2v) is 8.41. The zero-order valence-corrected chi connectivity index (χ0v) is 17.7. The topological polar surface area (TPSA) is 79.7 Å². The van der Waals surface area contributed by atoms with Gasteiger partial charge in [0.05, 0.1) is 12.2 Å². The lowest BCUT2D eigenvalue weighted by molar-refractivity contribution is -0.286. The summed E-state index contributed by atoms with van der Waals surface area (Å²) in [5, 5.41) is 7.93. The van der Waals surface area contributed by atoms with Crippen molar-refractivity contribution in [3.8, 4) is 23.0 Å². The first-order valence-electron chi connectivity index (χ1n) is 11.0. The summed E-state index contributed by atoms with van der Waals surface area (Å²) in [7, 11) is 0. The lowest BCUT2D eigenvalue weighted by Crippen LogP contribution is -2.25. The number of halogens is 2. The van der Waals surface area contributed by atoms with Crippen molar-refractivity contribution in [3.05, 3.63) is 48.4 Å². The number of hydrogen-bond acceptors (Lipinski definition) is 7. The summed E-state index contributed by atoms with van der Waals surface area (Å²) >= 11 is 0. The molecule has 1 aliphatic carbocycles. The maximum Gasteiger partial charge on any atom is 0.586 e. The fraction of sp³-hybridized carbons (Fsp3) is 0.391. The molecule has 6 rings (SSSR count). The molecule has 0 radical (unpaired) electrons. The predicted octanol–water partition coefficient (Wildman–Crippen LogP) is 5.36. The van der Waals surface area contributed by atoms with E-state index >= 15 is 0 Å². The van der Waals surface area contributed by atoms with Crippen LogP contribution in [0.3, 0.4) is 0 Å². The number of benzene rings is 1. The van der Waals surface area contributed by atoms with E-state index in [1.807, 2.05) is 10.9 Å². The minimum absolute atomic E-state index is 0.0103. The molecule has 4 heterocycles. The summed E-state index contributed by atoms with van der Waals surface area (Å²) in [5.74, 6) is 2.11. The Morgan fingerprint density at radius 1 is 1.03 bits per heavy atom. The van der Waals surface area contributed by atoms with E-state index in [2.05, 4.69) is 19.8 Å². The minimum atomic E-state index is -3.65. The number of anilines is 2. The monoisotopic (exact) mass is 456 g/mol. The number of fused-ring (bicyclic) bond motifs is 1. The third kappa shape index (κ3) is 4.30. The third-order valence-corrected chi connectivity index (χ3v) is 5.89. The summed E-state index contributed by atoms with van der Waals surface area (Å²) in [6.07, 6.45) is 4.07. The molecule has 1 N–H and O–H groups in total. The molecule has 1 saturated heterocycles. The van der Waals surface area contributed by atoms with Crippen LogP contribution in [0, 0.1) is 0 Å². The van der Waals surface area contributed by atoms with Crippen molar-refractivity contribution < 1.29 is 27.7 Å². The quantitative estimate of drug-likeness (QED) is 0.535. The first-order chi connectivity index (χ1) is 16.0. The van der Waals surface area contributed by atoms with Gasteiger partial charge < -0.3 is 24.3 Å². The van der Waals surface area contributed by atoms with Gasteiger partial charge >= 0.3 is 6.29 Å². The average molecular weight is 456 g/mol. The number of alkyl halides is 2. The Balaban J connectivity index is 1.21. The normalized spacial score (nSPS) is 19.5. The molecule has 1 saturated carbocycles. The SMILES string of the molecule is FC1(F)Oc2ccc(Nc3cc(Oc4cn(C5CC5)nc4C4CCOCC4)ccn3)cc2O1. The highest BCUT2D eigenvalue weighted by atomic mass is 19.3. The first kappa shape index (κ1) is 20.2. The molecule has 8 nitrogen and oxygen atoms in total. The molecule has 3 aliphatic rings. The van der Waals surface area contributed by atoms with Crippen molar-refractivity contribution in [3.63, 3.8) is 0 Å². The van der Waals surface area contributed by atoms with Crippen molar-refractivity contribution >= 4 is 11.5 Å². The van der Waals surface area contributed by atoms with Crippen LogP contribution in [-0.2, 0) is 4.74 Å². The molecule has 33 heavy (non-hydrogen) atoms. The summed E-state index contributed by atoms with van der Waals surface area (Å²) in [6, 6.07) is 8.45. The molecule has 10 heteroatoms. The van der Waals surface area contributed by atoms with Gasteiger partial charge in [-0.1, -0.05) is 0 Å².